The first-order chi connectivity index (χ1) is 11.7. The number of nitrogen functional groups attached to an aromatic ring is 1. The van der Waals surface area contributed by atoms with Gasteiger partial charge in [-0.3, -0.25) is 4.79 Å². The van der Waals surface area contributed by atoms with Gasteiger partial charge in [0.05, 0.1) is 12.5 Å². The van der Waals surface area contributed by atoms with Crippen LogP contribution in [0.1, 0.15) is 37.4 Å². The molecule has 1 atom stereocenters. The third-order valence-corrected chi connectivity index (χ3v) is 4.21. The molecule has 3 N–H and O–H groups in total. The molecule has 1 unspecified atom stereocenters. The van der Waals surface area contributed by atoms with Crippen LogP contribution in [-0.4, -0.2) is 11.5 Å². The minimum Gasteiger partial charge on any atom is -0.487 e. The van der Waals surface area contributed by atoms with E-state index in [9.17, 15) is 13.6 Å². The zero-order valence-corrected chi connectivity index (χ0v) is 14.1. The van der Waals surface area contributed by atoms with Gasteiger partial charge in [-0.2, -0.15) is 0 Å². The molecule has 2 aromatic carbocycles. The molecule has 0 saturated carbocycles. The van der Waals surface area contributed by atoms with Crippen molar-refractivity contribution in [2.24, 2.45) is 0 Å². The van der Waals surface area contributed by atoms with E-state index in [-0.39, 0.29) is 23.9 Å². The molecule has 4 nitrogen and oxygen atoms in total. The number of carbonyl (C=O) groups is 1. The maximum atomic E-state index is 13.8. The van der Waals surface area contributed by atoms with Crippen molar-refractivity contribution in [3.63, 3.8) is 0 Å². The molecule has 2 aromatic rings. The molecule has 132 valence electrons. The summed E-state index contributed by atoms with van der Waals surface area (Å²) in [6.45, 7) is 3.86. The zero-order valence-electron chi connectivity index (χ0n) is 14.1. The van der Waals surface area contributed by atoms with E-state index in [2.05, 4.69) is 5.32 Å². The highest BCUT2D eigenvalue weighted by Gasteiger charge is 2.34. The van der Waals surface area contributed by atoms with Crippen molar-refractivity contribution in [1.82, 2.24) is 5.32 Å². The van der Waals surface area contributed by atoms with Crippen LogP contribution >= 0.6 is 0 Å². The average Bonchev–Trinajstić information content (AvgIpc) is 2.52. The van der Waals surface area contributed by atoms with Crippen LogP contribution in [0.4, 0.5) is 14.5 Å². The molecule has 0 spiro atoms. The van der Waals surface area contributed by atoms with Crippen molar-refractivity contribution in [3.8, 4) is 5.75 Å². The molecule has 0 bridgehead atoms. The molecule has 0 aromatic heterocycles. The zero-order chi connectivity index (χ0) is 18.2. The number of nitrogens with two attached hydrogens (primary N) is 1. The van der Waals surface area contributed by atoms with E-state index in [1.807, 2.05) is 13.8 Å². The van der Waals surface area contributed by atoms with E-state index in [4.69, 9.17) is 10.5 Å². The number of benzene rings is 2. The minimum atomic E-state index is -0.991. The van der Waals surface area contributed by atoms with Gasteiger partial charge in [-0.1, -0.05) is 12.1 Å². The normalized spacial score (nSPS) is 18.2. The summed E-state index contributed by atoms with van der Waals surface area (Å²) >= 11 is 0. The van der Waals surface area contributed by atoms with E-state index < -0.39 is 17.2 Å². The second-order valence-corrected chi connectivity index (χ2v) is 6.87. The van der Waals surface area contributed by atoms with Crippen LogP contribution in [-0.2, 0) is 11.2 Å². The first-order valence-electron chi connectivity index (χ1n) is 8.06. The van der Waals surface area contributed by atoms with Crippen molar-refractivity contribution in [1.29, 1.82) is 0 Å². The van der Waals surface area contributed by atoms with Gasteiger partial charge in [0, 0.05) is 23.2 Å². The van der Waals surface area contributed by atoms with Crippen LogP contribution in [0.15, 0.2) is 36.4 Å². The Kier molecular flexibility index (Phi) is 4.37. The number of hydrogen-bond acceptors (Lipinski definition) is 3. The van der Waals surface area contributed by atoms with Crippen LogP contribution < -0.4 is 15.8 Å². The molecule has 1 aliphatic heterocycles. The van der Waals surface area contributed by atoms with Gasteiger partial charge in [0.2, 0.25) is 5.91 Å². The minimum absolute atomic E-state index is 0.0246. The van der Waals surface area contributed by atoms with Crippen molar-refractivity contribution >= 4 is 11.6 Å². The summed E-state index contributed by atoms with van der Waals surface area (Å²) in [5.41, 5.74) is 6.75. The monoisotopic (exact) mass is 346 g/mol. The molecule has 1 heterocycles. The Morgan fingerprint density at radius 3 is 2.84 bits per heavy atom. The third-order valence-electron chi connectivity index (χ3n) is 4.21. The Labute approximate surface area is 145 Å². The molecule has 0 fully saturated rings. The molecule has 6 heteroatoms. The first kappa shape index (κ1) is 17.2. The quantitative estimate of drug-likeness (QED) is 0.836. The number of hydrogen-bond donors (Lipinski definition) is 2. The van der Waals surface area contributed by atoms with Gasteiger partial charge in [-0.05, 0) is 38.1 Å². The van der Waals surface area contributed by atoms with E-state index in [0.29, 0.717) is 17.9 Å². The smallest absolute Gasteiger partial charge is 0.225 e. The second-order valence-electron chi connectivity index (χ2n) is 6.87. The Morgan fingerprint density at radius 1 is 1.32 bits per heavy atom. The highest BCUT2D eigenvalue weighted by molar-refractivity contribution is 5.79. The van der Waals surface area contributed by atoms with Gasteiger partial charge in [-0.15, -0.1) is 0 Å². The Hall–Kier alpha value is -2.63. The summed E-state index contributed by atoms with van der Waals surface area (Å²) in [5, 5.41) is 2.89. The van der Waals surface area contributed by atoms with Crippen LogP contribution in [0.2, 0.25) is 0 Å². The molecule has 3 rings (SSSR count). The Morgan fingerprint density at radius 2 is 2.08 bits per heavy atom. The predicted molar refractivity (Wildman–Crippen MR) is 91.1 cm³/mol. The molecule has 25 heavy (non-hydrogen) atoms. The summed E-state index contributed by atoms with van der Waals surface area (Å²) in [6.07, 6.45) is 0.305. The van der Waals surface area contributed by atoms with Crippen LogP contribution in [0.3, 0.4) is 0 Å². The SMILES string of the molecule is CC1(C)CC(NC(=O)Cc2cccc(F)c2F)c2cc(N)ccc2O1. The standard InChI is InChI=1S/C19H20F2N2O2/c1-19(2)10-15(13-9-12(22)6-7-16(13)25-19)23-17(24)8-11-4-3-5-14(20)18(11)21/h3-7,9,15H,8,10,22H2,1-2H3,(H,23,24). The van der Waals surface area contributed by atoms with E-state index in [0.717, 1.165) is 11.6 Å². The van der Waals surface area contributed by atoms with E-state index in [1.165, 1.54) is 12.1 Å². The number of carbonyl (C=O) groups excluding carboxylic acids is 1. The third kappa shape index (κ3) is 3.73. The lowest BCUT2D eigenvalue weighted by molar-refractivity contribution is -0.121. The molecule has 0 aliphatic carbocycles. The number of ether oxygens (including phenoxy) is 1. The van der Waals surface area contributed by atoms with E-state index >= 15 is 0 Å². The van der Waals surface area contributed by atoms with Gasteiger partial charge in [0.15, 0.2) is 11.6 Å². The van der Waals surface area contributed by atoms with Crippen molar-refractivity contribution in [2.75, 3.05) is 5.73 Å². The highest BCUT2D eigenvalue weighted by Crippen LogP contribution is 2.40. The lowest BCUT2D eigenvalue weighted by Gasteiger charge is -2.38. The highest BCUT2D eigenvalue weighted by atomic mass is 19.2. The van der Waals surface area contributed by atoms with Crippen molar-refractivity contribution in [2.45, 2.75) is 38.3 Å². The average molecular weight is 346 g/mol. The fourth-order valence-corrected chi connectivity index (χ4v) is 3.11. The predicted octanol–water partition coefficient (Wildman–Crippen LogP) is 3.51. The Balaban J connectivity index is 1.81. The number of rotatable bonds is 3. The molecular weight excluding hydrogens is 326 g/mol. The first-order valence-corrected chi connectivity index (χ1v) is 8.06. The maximum Gasteiger partial charge on any atom is 0.225 e. The summed E-state index contributed by atoms with van der Waals surface area (Å²) < 4.78 is 33.0. The number of amides is 1. The van der Waals surface area contributed by atoms with E-state index in [1.54, 1.807) is 18.2 Å². The summed E-state index contributed by atoms with van der Waals surface area (Å²) in [6, 6.07) is 8.77. The lowest BCUT2D eigenvalue weighted by Crippen LogP contribution is -2.41. The molecule has 1 amide bonds. The van der Waals surface area contributed by atoms with Gasteiger partial charge in [0.25, 0.3) is 0 Å². The summed E-state index contributed by atoms with van der Waals surface area (Å²) in [5.74, 6) is -1.68. The molecule has 0 radical (unpaired) electrons. The number of halogens is 2. The summed E-state index contributed by atoms with van der Waals surface area (Å²) in [4.78, 5) is 12.4. The van der Waals surface area contributed by atoms with Gasteiger partial charge in [0.1, 0.15) is 11.4 Å². The number of anilines is 1. The van der Waals surface area contributed by atoms with Crippen molar-refractivity contribution in [3.05, 3.63) is 59.2 Å². The van der Waals surface area contributed by atoms with Gasteiger partial charge < -0.3 is 15.8 Å². The number of nitrogens with one attached hydrogen (secondary N) is 1. The second kappa shape index (κ2) is 6.35. The maximum absolute atomic E-state index is 13.8. The largest absolute Gasteiger partial charge is 0.487 e. The number of fused-ring (bicyclic) bond motifs is 1. The topological polar surface area (TPSA) is 64.4 Å². The van der Waals surface area contributed by atoms with Crippen molar-refractivity contribution < 1.29 is 18.3 Å². The molecular formula is C19H20F2N2O2. The van der Waals surface area contributed by atoms with Crippen LogP contribution in [0.25, 0.3) is 0 Å². The summed E-state index contributed by atoms with van der Waals surface area (Å²) in [7, 11) is 0. The van der Waals surface area contributed by atoms with Gasteiger partial charge in [-0.25, -0.2) is 8.78 Å². The van der Waals surface area contributed by atoms with Crippen LogP contribution in [0, 0.1) is 11.6 Å². The molecule has 1 aliphatic rings. The molecule has 0 saturated heterocycles. The lowest BCUT2D eigenvalue weighted by atomic mass is 9.89. The fourth-order valence-electron chi connectivity index (χ4n) is 3.11. The van der Waals surface area contributed by atoms with Gasteiger partial charge >= 0.3 is 0 Å². The van der Waals surface area contributed by atoms with Crippen LogP contribution in [0.5, 0.6) is 5.75 Å². The fraction of sp³-hybridized carbons (Fsp3) is 0.316. The Bertz CT molecular complexity index is 821.